The molecule has 0 spiro atoms. The van der Waals surface area contributed by atoms with Gasteiger partial charge in [0.05, 0.1) is 36.4 Å². The van der Waals surface area contributed by atoms with E-state index in [0.717, 1.165) is 0 Å². The van der Waals surface area contributed by atoms with E-state index in [1.54, 1.807) is 0 Å². The van der Waals surface area contributed by atoms with Gasteiger partial charge in [-0.1, -0.05) is 11.6 Å². The predicted octanol–water partition coefficient (Wildman–Crippen LogP) is 0.684. The zero-order valence-corrected chi connectivity index (χ0v) is 9.55. The lowest BCUT2D eigenvalue weighted by Gasteiger charge is -1.97. The Morgan fingerprint density at radius 2 is 2.12 bits per heavy atom. The lowest BCUT2D eigenvalue weighted by atomic mass is 10.4. The molecular weight excluding hydrogens is 246 g/mol. The van der Waals surface area contributed by atoms with Crippen LogP contribution in [-0.4, -0.2) is 32.8 Å². The molecule has 0 fully saturated rings. The average Bonchev–Trinajstić information content (AvgIpc) is 2.71. The highest BCUT2D eigenvalue weighted by Crippen LogP contribution is 2.13. The second-order valence-corrected chi connectivity index (χ2v) is 3.51. The quantitative estimate of drug-likeness (QED) is 0.791. The zero-order chi connectivity index (χ0) is 12.4. The number of carbonyl (C=O) groups excluding carboxylic acids is 1. The third kappa shape index (κ3) is 2.18. The van der Waals surface area contributed by atoms with Crippen LogP contribution in [0.1, 0.15) is 10.5 Å². The first-order chi connectivity index (χ1) is 8.11. The minimum Gasteiger partial charge on any atom is -0.464 e. The van der Waals surface area contributed by atoms with Crippen LogP contribution in [0, 0.1) is 0 Å². The molecule has 7 nitrogen and oxygen atoms in total. The van der Waals surface area contributed by atoms with Crippen LogP contribution in [0.15, 0.2) is 18.6 Å². The first kappa shape index (κ1) is 11.3. The number of nitrogen functional groups attached to an aromatic ring is 1. The van der Waals surface area contributed by atoms with Gasteiger partial charge in [-0.3, -0.25) is 0 Å². The van der Waals surface area contributed by atoms with Gasteiger partial charge in [-0.05, 0) is 0 Å². The highest BCUT2D eigenvalue weighted by Gasteiger charge is 2.16. The van der Waals surface area contributed by atoms with Gasteiger partial charge >= 0.3 is 5.97 Å². The molecular formula is C9H8ClN5O2. The summed E-state index contributed by atoms with van der Waals surface area (Å²) in [5.74, 6) is -0.355. The van der Waals surface area contributed by atoms with E-state index in [1.807, 2.05) is 0 Å². The Bertz CT molecular complexity index is 551. The fourth-order valence-electron chi connectivity index (χ4n) is 1.17. The van der Waals surface area contributed by atoms with E-state index >= 15 is 0 Å². The normalized spacial score (nSPS) is 10.2. The lowest BCUT2D eigenvalue weighted by Crippen LogP contribution is -2.07. The maximum Gasteiger partial charge on any atom is 0.360 e. The monoisotopic (exact) mass is 253 g/mol. The van der Waals surface area contributed by atoms with Crippen LogP contribution in [0.3, 0.4) is 0 Å². The molecule has 2 aromatic heterocycles. The fourth-order valence-corrected chi connectivity index (χ4v) is 1.27. The van der Waals surface area contributed by atoms with Crippen LogP contribution in [0.4, 0.5) is 5.69 Å². The number of halogens is 1. The molecule has 0 aliphatic rings. The van der Waals surface area contributed by atoms with Gasteiger partial charge in [-0.25, -0.2) is 19.4 Å². The zero-order valence-electron chi connectivity index (χ0n) is 8.79. The number of carbonyl (C=O) groups is 1. The van der Waals surface area contributed by atoms with Crippen molar-refractivity contribution < 1.29 is 9.53 Å². The third-order valence-corrected chi connectivity index (χ3v) is 2.13. The number of esters is 1. The van der Waals surface area contributed by atoms with Crippen molar-refractivity contribution in [1.82, 2.24) is 19.7 Å². The van der Waals surface area contributed by atoms with Crippen LogP contribution in [0.5, 0.6) is 0 Å². The van der Waals surface area contributed by atoms with Gasteiger partial charge in [0.2, 0.25) is 0 Å². The standard InChI is InChI=1S/C9H8ClN5O2/c1-17-8(16)7-6(11)4-15(14-7)9-12-2-5(10)3-13-9/h2-4H,11H2,1H3. The molecule has 0 saturated heterocycles. The number of hydrogen-bond donors (Lipinski definition) is 1. The van der Waals surface area contributed by atoms with E-state index < -0.39 is 5.97 Å². The molecule has 0 aliphatic carbocycles. The largest absolute Gasteiger partial charge is 0.464 e. The van der Waals surface area contributed by atoms with Crippen molar-refractivity contribution in [3.8, 4) is 5.95 Å². The summed E-state index contributed by atoms with van der Waals surface area (Å²) in [6, 6.07) is 0. The molecule has 2 heterocycles. The van der Waals surface area contributed by atoms with Crippen LogP contribution in [0.2, 0.25) is 5.02 Å². The molecule has 0 aliphatic heterocycles. The molecule has 88 valence electrons. The molecule has 2 rings (SSSR count). The number of ether oxygens (including phenoxy) is 1. The fraction of sp³-hybridized carbons (Fsp3) is 0.111. The SMILES string of the molecule is COC(=O)c1nn(-c2ncc(Cl)cn2)cc1N. The molecule has 0 amide bonds. The van der Waals surface area contributed by atoms with E-state index in [9.17, 15) is 4.79 Å². The van der Waals surface area contributed by atoms with E-state index in [1.165, 1.54) is 30.4 Å². The summed E-state index contributed by atoms with van der Waals surface area (Å²) < 4.78 is 5.80. The first-order valence-corrected chi connectivity index (χ1v) is 4.91. The molecule has 0 bridgehead atoms. The summed E-state index contributed by atoms with van der Waals surface area (Å²) in [6.07, 6.45) is 4.26. The van der Waals surface area contributed by atoms with Crippen LogP contribution in [0.25, 0.3) is 5.95 Å². The molecule has 0 radical (unpaired) electrons. The Balaban J connectivity index is 2.41. The minimum atomic E-state index is -0.616. The van der Waals surface area contributed by atoms with Crippen molar-refractivity contribution in [2.24, 2.45) is 0 Å². The minimum absolute atomic E-state index is 0.0195. The topological polar surface area (TPSA) is 95.9 Å². The molecule has 8 heteroatoms. The van der Waals surface area contributed by atoms with Crippen molar-refractivity contribution in [3.63, 3.8) is 0 Å². The number of rotatable bonds is 2. The maximum atomic E-state index is 11.3. The lowest BCUT2D eigenvalue weighted by molar-refractivity contribution is 0.0594. The number of nitrogens with two attached hydrogens (primary N) is 1. The Morgan fingerprint density at radius 3 is 2.71 bits per heavy atom. The van der Waals surface area contributed by atoms with Gasteiger partial charge in [-0.2, -0.15) is 5.10 Å². The molecule has 0 saturated carbocycles. The van der Waals surface area contributed by atoms with Crippen LogP contribution < -0.4 is 5.73 Å². The second-order valence-electron chi connectivity index (χ2n) is 3.07. The summed E-state index contributed by atoms with van der Waals surface area (Å²) in [5, 5.41) is 4.33. The molecule has 17 heavy (non-hydrogen) atoms. The third-order valence-electron chi connectivity index (χ3n) is 1.93. The summed E-state index contributed by atoms with van der Waals surface area (Å²) >= 11 is 5.66. The van der Waals surface area contributed by atoms with Gasteiger partial charge < -0.3 is 10.5 Å². The van der Waals surface area contributed by atoms with Gasteiger partial charge in [0.1, 0.15) is 0 Å². The van der Waals surface area contributed by atoms with Crippen molar-refractivity contribution in [2.75, 3.05) is 12.8 Å². The maximum absolute atomic E-state index is 11.3. The van der Waals surface area contributed by atoms with E-state index in [2.05, 4.69) is 19.8 Å². The van der Waals surface area contributed by atoms with Crippen LogP contribution >= 0.6 is 11.6 Å². The summed E-state index contributed by atoms with van der Waals surface area (Å²) in [6.45, 7) is 0. The predicted molar refractivity (Wildman–Crippen MR) is 59.9 cm³/mol. The number of methoxy groups -OCH3 is 1. The Morgan fingerprint density at radius 1 is 1.47 bits per heavy atom. The summed E-state index contributed by atoms with van der Waals surface area (Å²) in [4.78, 5) is 19.2. The second kappa shape index (κ2) is 4.38. The Hall–Kier alpha value is -2.15. The molecule has 0 aromatic carbocycles. The number of hydrogen-bond acceptors (Lipinski definition) is 6. The Kier molecular flexibility index (Phi) is 2.92. The van der Waals surface area contributed by atoms with Crippen LogP contribution in [-0.2, 0) is 4.74 Å². The molecule has 0 unspecified atom stereocenters. The van der Waals surface area contributed by atoms with Gasteiger partial charge in [0.25, 0.3) is 5.95 Å². The smallest absolute Gasteiger partial charge is 0.360 e. The molecule has 2 aromatic rings. The molecule has 2 N–H and O–H groups in total. The summed E-state index contributed by atoms with van der Waals surface area (Å²) in [5.41, 5.74) is 5.83. The van der Waals surface area contributed by atoms with Crippen molar-refractivity contribution in [2.45, 2.75) is 0 Å². The van der Waals surface area contributed by atoms with E-state index in [0.29, 0.717) is 5.02 Å². The molecule has 0 atom stereocenters. The van der Waals surface area contributed by atoms with E-state index in [4.69, 9.17) is 17.3 Å². The first-order valence-electron chi connectivity index (χ1n) is 4.53. The van der Waals surface area contributed by atoms with E-state index in [-0.39, 0.29) is 17.3 Å². The highest BCUT2D eigenvalue weighted by molar-refractivity contribution is 6.30. The van der Waals surface area contributed by atoms with Gasteiger partial charge in [-0.15, -0.1) is 0 Å². The number of anilines is 1. The van der Waals surface area contributed by atoms with Crippen molar-refractivity contribution in [3.05, 3.63) is 29.3 Å². The van der Waals surface area contributed by atoms with Crippen molar-refractivity contribution in [1.29, 1.82) is 0 Å². The number of nitrogens with zero attached hydrogens (tertiary/aromatic N) is 4. The highest BCUT2D eigenvalue weighted by atomic mass is 35.5. The number of aromatic nitrogens is 4. The Labute approximate surface area is 101 Å². The average molecular weight is 254 g/mol. The van der Waals surface area contributed by atoms with Gasteiger partial charge in [0, 0.05) is 0 Å². The van der Waals surface area contributed by atoms with Gasteiger partial charge in [0.15, 0.2) is 5.69 Å². The van der Waals surface area contributed by atoms with Crippen molar-refractivity contribution >= 4 is 23.3 Å². The summed E-state index contributed by atoms with van der Waals surface area (Å²) in [7, 11) is 1.25.